The fraction of sp³-hybridized carbons (Fsp3) is 0.364. The van der Waals surface area contributed by atoms with Crippen molar-refractivity contribution < 1.29 is 28.7 Å². The molecule has 8 heteroatoms. The molecule has 8 nitrogen and oxygen atoms in total. The first-order chi connectivity index (χ1) is 14.4. The van der Waals surface area contributed by atoms with Gasteiger partial charge in [-0.2, -0.15) is 0 Å². The van der Waals surface area contributed by atoms with E-state index in [0.29, 0.717) is 35.2 Å². The van der Waals surface area contributed by atoms with Crippen LogP contribution in [0, 0.1) is 0 Å². The van der Waals surface area contributed by atoms with E-state index < -0.39 is 0 Å². The van der Waals surface area contributed by atoms with E-state index in [4.69, 9.17) is 14.2 Å². The molecule has 3 N–H and O–H groups in total. The van der Waals surface area contributed by atoms with Gasteiger partial charge in [-0.3, -0.25) is 9.59 Å². The molecule has 0 aliphatic heterocycles. The van der Waals surface area contributed by atoms with Crippen molar-refractivity contribution in [1.82, 2.24) is 0 Å². The third kappa shape index (κ3) is 6.66. The predicted molar refractivity (Wildman–Crippen MR) is 116 cm³/mol. The number of methoxy groups -OCH3 is 3. The third-order valence-corrected chi connectivity index (χ3v) is 4.54. The number of amides is 2. The van der Waals surface area contributed by atoms with Crippen molar-refractivity contribution in [3.63, 3.8) is 0 Å². The van der Waals surface area contributed by atoms with Crippen LogP contribution in [0.3, 0.4) is 0 Å². The number of quaternary nitrogens is 1. The average molecular weight is 416 g/mol. The van der Waals surface area contributed by atoms with Gasteiger partial charge in [0.15, 0.2) is 18.0 Å². The molecule has 2 amide bonds. The Bertz CT molecular complexity index is 885. The summed E-state index contributed by atoms with van der Waals surface area (Å²) in [6.45, 7) is 2.49. The SMILES string of the molecule is COc1ccc(NC(C)=O)cc1NC(=O)C[NH+](C)CCc1ccc(OC)c(OC)c1. The van der Waals surface area contributed by atoms with Gasteiger partial charge in [-0.25, -0.2) is 0 Å². The van der Waals surface area contributed by atoms with Crippen molar-refractivity contribution in [1.29, 1.82) is 0 Å². The van der Waals surface area contributed by atoms with Crippen LogP contribution < -0.4 is 29.7 Å². The number of rotatable bonds is 10. The Hall–Kier alpha value is -3.26. The van der Waals surface area contributed by atoms with Gasteiger partial charge >= 0.3 is 0 Å². The Kier molecular flexibility index (Phi) is 8.49. The molecule has 0 heterocycles. The quantitative estimate of drug-likeness (QED) is 0.544. The Morgan fingerprint density at radius 3 is 2.20 bits per heavy atom. The molecule has 0 aromatic heterocycles. The molecule has 0 saturated heterocycles. The van der Waals surface area contributed by atoms with Gasteiger partial charge in [-0.15, -0.1) is 0 Å². The van der Waals surface area contributed by atoms with Crippen LogP contribution in [0.5, 0.6) is 17.2 Å². The van der Waals surface area contributed by atoms with Crippen LogP contribution in [0.4, 0.5) is 11.4 Å². The Labute approximate surface area is 177 Å². The summed E-state index contributed by atoms with van der Waals surface area (Å²) in [5.74, 6) is 1.59. The van der Waals surface area contributed by atoms with Crippen LogP contribution in [0.1, 0.15) is 12.5 Å². The van der Waals surface area contributed by atoms with Crippen LogP contribution in [-0.2, 0) is 16.0 Å². The van der Waals surface area contributed by atoms with E-state index in [9.17, 15) is 9.59 Å². The van der Waals surface area contributed by atoms with Crippen LogP contribution in [-0.4, -0.2) is 53.3 Å². The molecule has 2 rings (SSSR count). The molecular weight excluding hydrogens is 386 g/mol. The zero-order valence-corrected chi connectivity index (χ0v) is 18.1. The largest absolute Gasteiger partial charge is 0.495 e. The highest BCUT2D eigenvalue weighted by molar-refractivity contribution is 5.95. The van der Waals surface area contributed by atoms with Gasteiger partial charge in [-0.1, -0.05) is 6.07 Å². The molecule has 0 radical (unpaired) electrons. The van der Waals surface area contributed by atoms with Crippen LogP contribution >= 0.6 is 0 Å². The summed E-state index contributed by atoms with van der Waals surface area (Å²) in [7, 11) is 6.71. The van der Waals surface area contributed by atoms with Crippen molar-refractivity contribution >= 4 is 23.2 Å². The maximum absolute atomic E-state index is 12.5. The summed E-state index contributed by atoms with van der Waals surface area (Å²) in [5, 5.41) is 5.56. The van der Waals surface area contributed by atoms with Gasteiger partial charge in [0.25, 0.3) is 5.91 Å². The maximum atomic E-state index is 12.5. The predicted octanol–water partition coefficient (Wildman–Crippen LogP) is 1.37. The highest BCUT2D eigenvalue weighted by atomic mass is 16.5. The molecule has 162 valence electrons. The summed E-state index contributed by atoms with van der Waals surface area (Å²) < 4.78 is 15.9. The normalized spacial score (nSPS) is 11.4. The molecule has 2 aromatic carbocycles. The number of carbonyl (C=O) groups excluding carboxylic acids is 2. The van der Waals surface area contributed by atoms with Gasteiger partial charge in [-0.05, 0) is 35.9 Å². The molecule has 1 atom stereocenters. The number of anilines is 2. The first kappa shape index (κ1) is 23.0. The fourth-order valence-corrected chi connectivity index (χ4v) is 3.04. The van der Waals surface area contributed by atoms with Crippen molar-refractivity contribution in [3.05, 3.63) is 42.0 Å². The van der Waals surface area contributed by atoms with Crippen molar-refractivity contribution in [2.24, 2.45) is 0 Å². The molecule has 0 aliphatic carbocycles. The molecule has 2 aromatic rings. The van der Waals surface area contributed by atoms with Crippen LogP contribution in [0.2, 0.25) is 0 Å². The molecule has 0 aliphatic rings. The van der Waals surface area contributed by atoms with Gasteiger partial charge in [0.2, 0.25) is 5.91 Å². The van der Waals surface area contributed by atoms with E-state index in [1.165, 1.54) is 14.0 Å². The van der Waals surface area contributed by atoms with Gasteiger partial charge in [0.05, 0.1) is 40.6 Å². The van der Waals surface area contributed by atoms with E-state index in [1.54, 1.807) is 32.4 Å². The number of carbonyl (C=O) groups is 2. The van der Waals surface area contributed by atoms with E-state index in [-0.39, 0.29) is 11.8 Å². The fourth-order valence-electron chi connectivity index (χ4n) is 3.04. The van der Waals surface area contributed by atoms with Gasteiger partial charge < -0.3 is 29.7 Å². The topological polar surface area (TPSA) is 90.3 Å². The number of hydrogen-bond acceptors (Lipinski definition) is 5. The number of nitrogens with one attached hydrogen (secondary N) is 3. The van der Waals surface area contributed by atoms with Crippen LogP contribution in [0.15, 0.2) is 36.4 Å². The maximum Gasteiger partial charge on any atom is 0.279 e. The van der Waals surface area contributed by atoms with E-state index in [1.807, 2.05) is 25.2 Å². The monoisotopic (exact) mass is 416 g/mol. The number of ether oxygens (including phenoxy) is 3. The van der Waals surface area contributed by atoms with E-state index >= 15 is 0 Å². The molecule has 0 saturated carbocycles. The second-order valence-corrected chi connectivity index (χ2v) is 6.97. The minimum Gasteiger partial charge on any atom is -0.495 e. The molecule has 0 bridgehead atoms. The molecule has 0 fully saturated rings. The zero-order chi connectivity index (χ0) is 22.1. The Balaban J connectivity index is 1.94. The van der Waals surface area contributed by atoms with Gasteiger partial charge in [0.1, 0.15) is 5.75 Å². The summed E-state index contributed by atoms with van der Waals surface area (Å²) in [6, 6.07) is 10.9. The smallest absolute Gasteiger partial charge is 0.279 e. The number of likely N-dealkylation sites (N-methyl/N-ethyl adjacent to an activating group) is 1. The number of hydrogen-bond donors (Lipinski definition) is 3. The summed E-state index contributed by atoms with van der Waals surface area (Å²) in [5.41, 5.74) is 2.21. The van der Waals surface area contributed by atoms with Crippen molar-refractivity contribution in [3.8, 4) is 17.2 Å². The minimum atomic E-state index is -0.184. The summed E-state index contributed by atoms with van der Waals surface area (Å²) in [6.07, 6.45) is 0.792. The van der Waals surface area contributed by atoms with E-state index in [2.05, 4.69) is 10.6 Å². The van der Waals surface area contributed by atoms with Crippen LogP contribution in [0.25, 0.3) is 0 Å². The van der Waals surface area contributed by atoms with Gasteiger partial charge in [0, 0.05) is 19.0 Å². The zero-order valence-electron chi connectivity index (χ0n) is 18.1. The standard InChI is InChI=1S/C22H29N3O5/c1-15(26)23-17-7-9-19(28-3)18(13-17)24-22(27)14-25(2)11-10-16-6-8-20(29-4)21(12-16)30-5/h6-9,12-13H,10-11,14H2,1-5H3,(H,23,26)(H,24,27)/p+1. The second kappa shape index (κ2) is 11.1. The lowest BCUT2D eigenvalue weighted by Crippen LogP contribution is -3.10. The summed E-state index contributed by atoms with van der Waals surface area (Å²) in [4.78, 5) is 24.8. The first-order valence-electron chi connectivity index (χ1n) is 9.64. The molecule has 30 heavy (non-hydrogen) atoms. The highest BCUT2D eigenvalue weighted by Gasteiger charge is 2.14. The minimum absolute atomic E-state index is 0.141. The second-order valence-electron chi connectivity index (χ2n) is 6.97. The molecule has 1 unspecified atom stereocenters. The lowest BCUT2D eigenvalue weighted by Gasteiger charge is -2.16. The van der Waals surface area contributed by atoms with Crippen molar-refractivity contribution in [2.75, 3.05) is 52.1 Å². The molecular formula is C22H30N3O5+. The third-order valence-electron chi connectivity index (χ3n) is 4.54. The Morgan fingerprint density at radius 1 is 0.900 bits per heavy atom. The Morgan fingerprint density at radius 2 is 1.57 bits per heavy atom. The summed E-state index contributed by atoms with van der Waals surface area (Å²) >= 11 is 0. The molecule has 0 spiro atoms. The lowest BCUT2D eigenvalue weighted by molar-refractivity contribution is -0.870. The van der Waals surface area contributed by atoms with E-state index in [0.717, 1.165) is 23.4 Å². The first-order valence-corrected chi connectivity index (χ1v) is 9.64. The average Bonchev–Trinajstić information content (AvgIpc) is 2.71. The van der Waals surface area contributed by atoms with Crippen molar-refractivity contribution in [2.45, 2.75) is 13.3 Å². The lowest BCUT2D eigenvalue weighted by atomic mass is 10.1. The highest BCUT2D eigenvalue weighted by Crippen LogP contribution is 2.28. The number of benzene rings is 2.